The summed E-state index contributed by atoms with van der Waals surface area (Å²) in [7, 11) is 0. The van der Waals surface area contributed by atoms with Gasteiger partial charge in [-0.2, -0.15) is 0 Å². The van der Waals surface area contributed by atoms with Gasteiger partial charge in [-0.05, 0) is 30.2 Å². The third-order valence-electron chi connectivity index (χ3n) is 3.96. The minimum absolute atomic E-state index is 0.793. The summed E-state index contributed by atoms with van der Waals surface area (Å²) in [6.07, 6.45) is 0. The molecule has 0 unspecified atom stereocenters. The van der Waals surface area contributed by atoms with Crippen molar-refractivity contribution in [2.24, 2.45) is 0 Å². The molecule has 2 heteroatoms. The Morgan fingerprint density at radius 1 is 0.609 bits per heavy atom. The van der Waals surface area contributed by atoms with E-state index < -0.39 is 0 Å². The number of fused-ring (bicyclic) bond motifs is 1. The SMILES string of the molecule is Cc1nc(-c2ccccc2)c2ccc(-c3ccccc3)cc2n1. The van der Waals surface area contributed by atoms with Gasteiger partial charge in [-0.15, -0.1) is 0 Å². The summed E-state index contributed by atoms with van der Waals surface area (Å²) >= 11 is 0. The van der Waals surface area contributed by atoms with Crippen molar-refractivity contribution < 1.29 is 0 Å². The fourth-order valence-electron chi connectivity index (χ4n) is 2.87. The molecule has 0 aliphatic carbocycles. The molecule has 4 rings (SSSR count). The van der Waals surface area contributed by atoms with Crippen molar-refractivity contribution in [2.75, 3.05) is 0 Å². The van der Waals surface area contributed by atoms with Crippen molar-refractivity contribution in [1.29, 1.82) is 0 Å². The van der Waals surface area contributed by atoms with Gasteiger partial charge < -0.3 is 0 Å². The van der Waals surface area contributed by atoms with Crippen LogP contribution in [0.5, 0.6) is 0 Å². The highest BCUT2D eigenvalue weighted by atomic mass is 14.9. The van der Waals surface area contributed by atoms with Crippen LogP contribution in [-0.4, -0.2) is 9.97 Å². The van der Waals surface area contributed by atoms with Crippen LogP contribution in [0.15, 0.2) is 78.9 Å². The highest BCUT2D eigenvalue weighted by molar-refractivity contribution is 5.94. The van der Waals surface area contributed by atoms with Gasteiger partial charge in [0, 0.05) is 10.9 Å². The summed E-state index contributed by atoms with van der Waals surface area (Å²) in [4.78, 5) is 9.30. The molecule has 0 saturated heterocycles. The Morgan fingerprint density at radius 2 is 1.26 bits per heavy atom. The number of nitrogens with zero attached hydrogens (tertiary/aromatic N) is 2. The second kappa shape index (κ2) is 5.65. The van der Waals surface area contributed by atoms with Crippen molar-refractivity contribution in [3.8, 4) is 22.4 Å². The van der Waals surface area contributed by atoms with Gasteiger partial charge in [0.2, 0.25) is 0 Å². The predicted octanol–water partition coefficient (Wildman–Crippen LogP) is 5.27. The minimum atomic E-state index is 0.793. The third kappa shape index (κ3) is 2.59. The van der Waals surface area contributed by atoms with Crippen molar-refractivity contribution >= 4 is 10.9 Å². The number of aryl methyl sites for hydroxylation is 1. The number of rotatable bonds is 2. The molecule has 0 spiro atoms. The van der Waals surface area contributed by atoms with Crippen LogP contribution in [0.2, 0.25) is 0 Å². The summed E-state index contributed by atoms with van der Waals surface area (Å²) in [5, 5.41) is 1.08. The zero-order chi connectivity index (χ0) is 15.6. The van der Waals surface area contributed by atoms with E-state index in [1.165, 1.54) is 11.1 Å². The molecule has 23 heavy (non-hydrogen) atoms. The van der Waals surface area contributed by atoms with Crippen LogP contribution >= 0.6 is 0 Å². The molecule has 0 bridgehead atoms. The minimum Gasteiger partial charge on any atom is -0.233 e. The molecule has 1 aromatic heterocycles. The molecule has 0 atom stereocenters. The van der Waals surface area contributed by atoms with Gasteiger partial charge in [0.15, 0.2) is 0 Å². The molecular formula is C21H16N2. The number of hydrogen-bond acceptors (Lipinski definition) is 2. The van der Waals surface area contributed by atoms with Crippen LogP contribution in [-0.2, 0) is 0 Å². The summed E-state index contributed by atoms with van der Waals surface area (Å²) in [6, 6.07) is 27.1. The fraction of sp³-hybridized carbons (Fsp3) is 0.0476. The van der Waals surface area contributed by atoms with E-state index in [4.69, 9.17) is 0 Å². The first-order valence-corrected chi connectivity index (χ1v) is 7.70. The average molecular weight is 296 g/mol. The Kier molecular flexibility index (Phi) is 3.35. The van der Waals surface area contributed by atoms with Crippen molar-refractivity contribution in [3.63, 3.8) is 0 Å². The Hall–Kier alpha value is -3.00. The van der Waals surface area contributed by atoms with Crippen LogP contribution in [0.25, 0.3) is 33.3 Å². The zero-order valence-corrected chi connectivity index (χ0v) is 12.9. The van der Waals surface area contributed by atoms with Gasteiger partial charge in [0.25, 0.3) is 0 Å². The Labute approximate surface area is 135 Å². The topological polar surface area (TPSA) is 25.8 Å². The van der Waals surface area contributed by atoms with Crippen LogP contribution in [0, 0.1) is 6.92 Å². The summed E-state index contributed by atoms with van der Waals surface area (Å²) in [5.41, 5.74) is 5.48. The molecule has 0 fully saturated rings. The van der Waals surface area contributed by atoms with E-state index in [0.717, 1.165) is 28.0 Å². The predicted molar refractivity (Wildman–Crippen MR) is 95.1 cm³/mol. The van der Waals surface area contributed by atoms with Crippen LogP contribution in [0.1, 0.15) is 5.82 Å². The maximum atomic E-state index is 4.66. The van der Waals surface area contributed by atoms with E-state index in [1.807, 2.05) is 31.2 Å². The van der Waals surface area contributed by atoms with Crippen molar-refractivity contribution in [1.82, 2.24) is 9.97 Å². The summed E-state index contributed by atoms with van der Waals surface area (Å²) in [6.45, 7) is 1.95. The maximum absolute atomic E-state index is 4.66. The van der Waals surface area contributed by atoms with Gasteiger partial charge in [0.1, 0.15) is 5.82 Å². The highest BCUT2D eigenvalue weighted by Gasteiger charge is 2.09. The largest absolute Gasteiger partial charge is 0.233 e. The summed E-state index contributed by atoms with van der Waals surface area (Å²) in [5.74, 6) is 0.793. The van der Waals surface area contributed by atoms with E-state index in [0.29, 0.717) is 0 Å². The second-order valence-corrected chi connectivity index (χ2v) is 5.58. The lowest BCUT2D eigenvalue weighted by atomic mass is 10.0. The highest BCUT2D eigenvalue weighted by Crippen LogP contribution is 2.29. The molecule has 0 radical (unpaired) electrons. The standard InChI is InChI=1S/C21H16N2/c1-15-22-20-14-18(16-8-4-2-5-9-16)12-13-19(20)21(23-15)17-10-6-3-7-11-17/h2-14H,1H3. The van der Waals surface area contributed by atoms with Gasteiger partial charge in [0.05, 0.1) is 11.2 Å². The van der Waals surface area contributed by atoms with Crippen molar-refractivity contribution in [3.05, 3.63) is 84.7 Å². The molecule has 2 nitrogen and oxygen atoms in total. The van der Waals surface area contributed by atoms with E-state index >= 15 is 0 Å². The van der Waals surface area contributed by atoms with E-state index in [1.54, 1.807) is 0 Å². The number of benzene rings is 3. The molecule has 1 heterocycles. The summed E-state index contributed by atoms with van der Waals surface area (Å²) < 4.78 is 0. The molecule has 4 aromatic rings. The lowest BCUT2D eigenvalue weighted by molar-refractivity contribution is 1.10. The second-order valence-electron chi connectivity index (χ2n) is 5.58. The first-order valence-electron chi connectivity index (χ1n) is 7.70. The van der Waals surface area contributed by atoms with Gasteiger partial charge in [-0.1, -0.05) is 66.7 Å². The zero-order valence-electron chi connectivity index (χ0n) is 12.9. The van der Waals surface area contributed by atoms with E-state index in [2.05, 4.69) is 64.6 Å². The Balaban J connectivity index is 1.94. The molecule has 110 valence electrons. The van der Waals surface area contributed by atoms with Crippen LogP contribution in [0.4, 0.5) is 0 Å². The Morgan fingerprint density at radius 3 is 1.96 bits per heavy atom. The number of aromatic nitrogens is 2. The molecular weight excluding hydrogens is 280 g/mol. The van der Waals surface area contributed by atoms with Crippen LogP contribution < -0.4 is 0 Å². The molecule has 0 amide bonds. The third-order valence-corrected chi connectivity index (χ3v) is 3.96. The van der Waals surface area contributed by atoms with Crippen LogP contribution in [0.3, 0.4) is 0 Å². The molecule has 0 saturated carbocycles. The molecule has 0 aliphatic rings. The van der Waals surface area contributed by atoms with E-state index in [9.17, 15) is 0 Å². The molecule has 0 aliphatic heterocycles. The smallest absolute Gasteiger partial charge is 0.126 e. The van der Waals surface area contributed by atoms with Crippen molar-refractivity contribution in [2.45, 2.75) is 6.92 Å². The van der Waals surface area contributed by atoms with Gasteiger partial charge >= 0.3 is 0 Å². The first-order chi connectivity index (χ1) is 11.3. The Bertz CT molecular complexity index is 961. The van der Waals surface area contributed by atoms with E-state index in [-0.39, 0.29) is 0 Å². The normalized spacial score (nSPS) is 10.8. The lowest BCUT2D eigenvalue weighted by Crippen LogP contribution is -1.94. The molecule has 3 aromatic carbocycles. The maximum Gasteiger partial charge on any atom is 0.126 e. The van der Waals surface area contributed by atoms with Gasteiger partial charge in [-0.25, -0.2) is 9.97 Å². The fourth-order valence-corrected chi connectivity index (χ4v) is 2.87. The quantitative estimate of drug-likeness (QED) is 0.503. The monoisotopic (exact) mass is 296 g/mol. The average Bonchev–Trinajstić information content (AvgIpc) is 2.62. The lowest BCUT2D eigenvalue weighted by Gasteiger charge is -2.09. The molecule has 0 N–H and O–H groups in total. The first kappa shape index (κ1) is 13.6. The van der Waals surface area contributed by atoms with Gasteiger partial charge in [-0.3, -0.25) is 0 Å². The number of hydrogen-bond donors (Lipinski definition) is 0.